The van der Waals surface area contributed by atoms with Crippen molar-refractivity contribution in [3.05, 3.63) is 64.7 Å². The first-order valence-electron chi connectivity index (χ1n) is 13.0. The fourth-order valence-corrected chi connectivity index (χ4v) is 5.43. The number of carbonyl (C=O) groups excluding carboxylic acids is 2. The maximum absolute atomic E-state index is 13.4. The predicted octanol–water partition coefficient (Wildman–Crippen LogP) is 3.22. The van der Waals surface area contributed by atoms with Crippen LogP contribution in [0.3, 0.4) is 0 Å². The van der Waals surface area contributed by atoms with Crippen molar-refractivity contribution in [2.45, 2.75) is 31.9 Å². The van der Waals surface area contributed by atoms with Crippen LogP contribution >= 0.6 is 0 Å². The average molecular weight is 506 g/mol. The summed E-state index contributed by atoms with van der Waals surface area (Å²) in [6.07, 6.45) is 1.54. The lowest BCUT2D eigenvalue weighted by atomic mass is 9.94. The highest BCUT2D eigenvalue weighted by molar-refractivity contribution is 6.46. The van der Waals surface area contributed by atoms with Crippen LogP contribution in [0.4, 0.5) is 5.69 Å². The molecule has 2 fully saturated rings. The monoisotopic (exact) mass is 505 g/mol. The van der Waals surface area contributed by atoms with Crippen molar-refractivity contribution in [1.29, 1.82) is 0 Å². The molecule has 0 unspecified atom stereocenters. The smallest absolute Gasteiger partial charge is 0.295 e. The molecule has 2 aromatic carbocycles. The molecular weight excluding hydrogens is 470 g/mol. The van der Waals surface area contributed by atoms with Crippen LogP contribution in [-0.4, -0.2) is 86.2 Å². The minimum Gasteiger partial charge on any atom is -0.507 e. The third-order valence-corrected chi connectivity index (χ3v) is 7.41. The molecule has 0 saturated carbocycles. The normalized spacial score (nSPS) is 23.3. The fraction of sp³-hybridized carbons (Fsp3) is 0.448. The molecular formula is C29H35N3O5. The van der Waals surface area contributed by atoms with Crippen LogP contribution in [0.15, 0.2) is 48.0 Å². The number of amides is 1. The lowest BCUT2D eigenvalue weighted by molar-refractivity contribution is -0.140. The zero-order valence-electron chi connectivity index (χ0n) is 21.8. The van der Waals surface area contributed by atoms with Gasteiger partial charge < -0.3 is 24.4 Å². The molecule has 1 N–H and O–H groups in total. The second-order valence-electron chi connectivity index (χ2n) is 10.2. The van der Waals surface area contributed by atoms with E-state index in [0.717, 1.165) is 55.0 Å². The molecule has 196 valence electrons. The SMILES string of the molecule is C[C@@H]1Cc2cc(C(O)=C3C(=O)C(=O)N(CCCN4CCOCC4)[C@@H]3c3ccc(N(C)C)cc3)ccc2O1. The number of Topliss-reactive ketones (excluding diaryl/α,β-unsaturated/α-hetero) is 1. The van der Waals surface area contributed by atoms with Gasteiger partial charge in [0.15, 0.2) is 0 Å². The van der Waals surface area contributed by atoms with E-state index < -0.39 is 17.7 Å². The van der Waals surface area contributed by atoms with E-state index in [1.54, 1.807) is 11.0 Å². The highest BCUT2D eigenvalue weighted by atomic mass is 16.5. The van der Waals surface area contributed by atoms with Gasteiger partial charge in [0.1, 0.15) is 17.6 Å². The van der Waals surface area contributed by atoms with Gasteiger partial charge >= 0.3 is 0 Å². The molecule has 2 saturated heterocycles. The average Bonchev–Trinajstić information content (AvgIpc) is 3.40. The Kier molecular flexibility index (Phi) is 7.22. The first-order valence-corrected chi connectivity index (χ1v) is 13.0. The van der Waals surface area contributed by atoms with Gasteiger partial charge in [0.2, 0.25) is 0 Å². The van der Waals surface area contributed by atoms with E-state index >= 15 is 0 Å². The van der Waals surface area contributed by atoms with Gasteiger partial charge in [-0.1, -0.05) is 12.1 Å². The first-order chi connectivity index (χ1) is 17.8. The number of anilines is 1. The first kappa shape index (κ1) is 25.3. The Morgan fingerprint density at radius 1 is 1.05 bits per heavy atom. The van der Waals surface area contributed by atoms with Crippen LogP contribution in [0.1, 0.15) is 36.1 Å². The number of fused-ring (bicyclic) bond motifs is 1. The van der Waals surface area contributed by atoms with E-state index in [1.165, 1.54) is 0 Å². The molecule has 0 bridgehead atoms. The summed E-state index contributed by atoms with van der Waals surface area (Å²) in [6, 6.07) is 12.6. The number of aliphatic hydroxyl groups excluding tert-OH is 1. The number of nitrogens with zero attached hydrogens (tertiary/aromatic N) is 3. The van der Waals surface area contributed by atoms with Crippen molar-refractivity contribution in [3.63, 3.8) is 0 Å². The summed E-state index contributed by atoms with van der Waals surface area (Å²) >= 11 is 0. The minimum absolute atomic E-state index is 0.0691. The number of hydrogen-bond acceptors (Lipinski definition) is 7. The van der Waals surface area contributed by atoms with E-state index in [2.05, 4.69) is 4.90 Å². The van der Waals surface area contributed by atoms with Gasteiger partial charge in [-0.05, 0) is 54.8 Å². The summed E-state index contributed by atoms with van der Waals surface area (Å²) in [5, 5.41) is 11.4. The number of rotatable bonds is 7. The van der Waals surface area contributed by atoms with Crippen LogP contribution in [0, 0.1) is 0 Å². The molecule has 2 aromatic rings. The maximum atomic E-state index is 13.4. The summed E-state index contributed by atoms with van der Waals surface area (Å²) in [5.74, 6) is -0.555. The zero-order chi connectivity index (χ0) is 26.1. The largest absolute Gasteiger partial charge is 0.507 e. The molecule has 0 aromatic heterocycles. The molecule has 0 aliphatic carbocycles. The molecule has 3 aliphatic heterocycles. The number of likely N-dealkylation sites (tertiary alicyclic amines) is 1. The predicted molar refractivity (Wildman–Crippen MR) is 142 cm³/mol. The third kappa shape index (κ3) is 5.08. The second kappa shape index (κ2) is 10.6. The van der Waals surface area contributed by atoms with Crippen LogP contribution in [0.2, 0.25) is 0 Å². The van der Waals surface area contributed by atoms with Gasteiger partial charge in [-0.2, -0.15) is 0 Å². The summed E-state index contributed by atoms with van der Waals surface area (Å²) < 4.78 is 11.2. The quantitative estimate of drug-likeness (QED) is 0.352. The van der Waals surface area contributed by atoms with E-state index in [0.29, 0.717) is 25.3 Å². The van der Waals surface area contributed by atoms with Crippen LogP contribution in [-0.2, 0) is 20.7 Å². The summed E-state index contributed by atoms with van der Waals surface area (Å²) in [7, 11) is 3.93. The number of benzene rings is 2. The van der Waals surface area contributed by atoms with E-state index in [4.69, 9.17) is 9.47 Å². The number of ketones is 1. The zero-order valence-corrected chi connectivity index (χ0v) is 21.8. The lowest BCUT2D eigenvalue weighted by Crippen LogP contribution is -2.38. The van der Waals surface area contributed by atoms with Gasteiger partial charge in [-0.25, -0.2) is 0 Å². The molecule has 0 radical (unpaired) electrons. The van der Waals surface area contributed by atoms with Crippen molar-refractivity contribution in [2.24, 2.45) is 0 Å². The van der Waals surface area contributed by atoms with E-state index in [9.17, 15) is 14.7 Å². The highest BCUT2D eigenvalue weighted by Gasteiger charge is 2.46. The Hall–Kier alpha value is -3.36. The topological polar surface area (TPSA) is 82.5 Å². The van der Waals surface area contributed by atoms with E-state index in [1.807, 2.05) is 62.3 Å². The molecule has 1 amide bonds. The Morgan fingerprint density at radius 3 is 2.49 bits per heavy atom. The minimum atomic E-state index is -0.649. The number of hydrogen-bond donors (Lipinski definition) is 1. The standard InChI is InChI=1S/C29H35N3O5/c1-19-17-22-18-21(7-10-24(22)37-19)27(33)25-26(20-5-8-23(9-6-20)30(2)3)32(29(35)28(25)34)12-4-11-31-13-15-36-16-14-31/h5-10,18-19,26,33H,4,11-17H2,1-3H3/t19-,26-/m1/s1. The number of ether oxygens (including phenoxy) is 2. The second-order valence-corrected chi connectivity index (χ2v) is 10.2. The number of morpholine rings is 1. The summed E-state index contributed by atoms with van der Waals surface area (Å²) in [5.41, 5.74) is 3.47. The Morgan fingerprint density at radius 2 is 1.78 bits per heavy atom. The Labute approximate surface area is 218 Å². The van der Waals surface area contributed by atoms with Crippen molar-refractivity contribution in [3.8, 4) is 5.75 Å². The summed E-state index contributed by atoms with van der Waals surface area (Å²) in [6.45, 7) is 6.42. The number of aliphatic hydroxyl groups is 1. The molecule has 0 spiro atoms. The third-order valence-electron chi connectivity index (χ3n) is 7.41. The van der Waals surface area contributed by atoms with Crippen molar-refractivity contribution in [2.75, 3.05) is 58.4 Å². The molecule has 2 atom stereocenters. The molecule has 3 aliphatic rings. The van der Waals surface area contributed by atoms with Crippen LogP contribution < -0.4 is 9.64 Å². The summed E-state index contributed by atoms with van der Waals surface area (Å²) in [4.78, 5) is 32.6. The number of carbonyl (C=O) groups is 2. The van der Waals surface area contributed by atoms with Gasteiger partial charge in [-0.3, -0.25) is 14.5 Å². The molecule has 5 rings (SSSR count). The van der Waals surface area contributed by atoms with Crippen LogP contribution in [0.5, 0.6) is 5.75 Å². The Bertz CT molecular complexity index is 1200. The Balaban J connectivity index is 1.49. The fourth-order valence-electron chi connectivity index (χ4n) is 5.43. The van der Waals surface area contributed by atoms with Gasteiger partial charge in [0.05, 0.1) is 24.8 Å². The van der Waals surface area contributed by atoms with Crippen LogP contribution in [0.25, 0.3) is 5.76 Å². The van der Waals surface area contributed by atoms with Gasteiger partial charge in [0, 0.05) is 57.9 Å². The highest BCUT2D eigenvalue weighted by Crippen LogP contribution is 2.41. The molecule has 8 nitrogen and oxygen atoms in total. The van der Waals surface area contributed by atoms with Crippen molar-refractivity contribution >= 4 is 23.1 Å². The van der Waals surface area contributed by atoms with Crippen molar-refractivity contribution < 1.29 is 24.2 Å². The molecule has 3 heterocycles. The van der Waals surface area contributed by atoms with Gasteiger partial charge in [-0.15, -0.1) is 0 Å². The lowest BCUT2D eigenvalue weighted by Gasteiger charge is -2.29. The van der Waals surface area contributed by atoms with Crippen molar-refractivity contribution in [1.82, 2.24) is 9.80 Å². The molecule has 37 heavy (non-hydrogen) atoms. The maximum Gasteiger partial charge on any atom is 0.295 e. The van der Waals surface area contributed by atoms with E-state index in [-0.39, 0.29) is 17.4 Å². The van der Waals surface area contributed by atoms with Gasteiger partial charge in [0.25, 0.3) is 11.7 Å². The molecule has 8 heteroatoms.